The van der Waals surface area contributed by atoms with E-state index in [1.807, 2.05) is 109 Å². The zero-order valence-electron chi connectivity index (χ0n) is 29.5. The van der Waals surface area contributed by atoms with Gasteiger partial charge in [0.15, 0.2) is 23.3 Å². The number of aromatic nitrogens is 5. The molecule has 7 aromatic carbocycles. The molecule has 0 unspecified atom stereocenters. The summed E-state index contributed by atoms with van der Waals surface area (Å²) in [6.45, 7) is 0. The fraction of sp³-hybridized carbons (Fsp3) is 0. The average molecular weight is 706 g/mol. The molecule has 0 saturated carbocycles. The second-order valence-electron chi connectivity index (χ2n) is 13.3. The second-order valence-corrected chi connectivity index (χ2v) is 13.3. The van der Waals surface area contributed by atoms with E-state index in [0.717, 1.165) is 77.8 Å². The highest BCUT2D eigenvalue weighted by molar-refractivity contribution is 6.09. The van der Waals surface area contributed by atoms with E-state index in [0.29, 0.717) is 23.3 Å². The number of hydrogen-bond donors (Lipinski definition) is 0. The molecule has 3 heterocycles. The van der Waals surface area contributed by atoms with Crippen LogP contribution in [0.5, 0.6) is 0 Å². The first-order chi connectivity index (χ1) is 27.2. The zero-order valence-corrected chi connectivity index (χ0v) is 29.5. The van der Waals surface area contributed by atoms with Gasteiger partial charge < -0.3 is 4.42 Å². The lowest BCUT2D eigenvalue weighted by molar-refractivity contribution is 0.669. The molecule has 0 bridgehead atoms. The average Bonchev–Trinajstić information content (AvgIpc) is 3.66. The first kappa shape index (κ1) is 32.1. The summed E-state index contributed by atoms with van der Waals surface area (Å²) in [7, 11) is 0. The molecule has 10 aromatic rings. The summed E-state index contributed by atoms with van der Waals surface area (Å²) in [6.07, 6.45) is 0. The van der Waals surface area contributed by atoms with Crippen LogP contribution < -0.4 is 0 Å². The number of nitrogens with zero attached hydrogens (tertiary/aromatic N) is 5. The SMILES string of the molecule is c1ccc(-c2ccc(-c3nc(-c4ccccc4)nc(-c4ccc5c(c4)oc4c(-c6nc(-c7ccccc7)cc(-c7ccccc7)n6)cccc45)n3)cc2)cc1. The normalized spacial score (nSPS) is 11.3. The number of hydrogen-bond acceptors (Lipinski definition) is 6. The predicted octanol–water partition coefficient (Wildman–Crippen LogP) is 12.2. The van der Waals surface area contributed by atoms with Crippen LogP contribution in [0.3, 0.4) is 0 Å². The minimum atomic E-state index is 0.560. The second kappa shape index (κ2) is 13.8. The molecule has 0 N–H and O–H groups in total. The van der Waals surface area contributed by atoms with Gasteiger partial charge in [-0.1, -0.05) is 164 Å². The Morgan fingerprint density at radius 3 is 1.33 bits per heavy atom. The van der Waals surface area contributed by atoms with Gasteiger partial charge in [-0.15, -0.1) is 0 Å². The number of para-hydroxylation sites is 1. The first-order valence-corrected chi connectivity index (χ1v) is 18.2. The zero-order chi connectivity index (χ0) is 36.6. The van der Waals surface area contributed by atoms with Crippen LogP contribution >= 0.6 is 0 Å². The maximum Gasteiger partial charge on any atom is 0.164 e. The van der Waals surface area contributed by atoms with Crippen LogP contribution in [0.25, 0.3) is 101 Å². The Kier molecular flexibility index (Phi) is 8.04. The largest absolute Gasteiger partial charge is 0.455 e. The summed E-state index contributed by atoms with van der Waals surface area (Å²) in [5, 5.41) is 1.96. The number of fused-ring (bicyclic) bond motifs is 3. The Morgan fingerprint density at radius 1 is 0.291 bits per heavy atom. The van der Waals surface area contributed by atoms with Crippen molar-refractivity contribution in [2.24, 2.45) is 0 Å². The molecule has 0 saturated heterocycles. The lowest BCUT2D eigenvalue weighted by Gasteiger charge is -2.09. The Hall–Kier alpha value is -7.57. The smallest absolute Gasteiger partial charge is 0.164 e. The number of rotatable bonds is 7. The Balaban J connectivity index is 1.09. The van der Waals surface area contributed by atoms with Crippen molar-refractivity contribution in [2.75, 3.05) is 0 Å². The minimum Gasteiger partial charge on any atom is -0.455 e. The van der Waals surface area contributed by atoms with E-state index in [1.165, 1.54) is 0 Å². The third-order valence-corrected chi connectivity index (χ3v) is 9.78. The summed E-state index contributed by atoms with van der Waals surface area (Å²) in [5.41, 5.74) is 10.9. The molecule has 258 valence electrons. The number of furan rings is 1. The van der Waals surface area contributed by atoms with Crippen LogP contribution in [0.1, 0.15) is 0 Å². The van der Waals surface area contributed by atoms with Crippen LogP contribution in [0.2, 0.25) is 0 Å². The molecule has 0 aliphatic carbocycles. The molecule has 6 heteroatoms. The van der Waals surface area contributed by atoms with E-state index in [4.69, 9.17) is 29.3 Å². The fourth-order valence-corrected chi connectivity index (χ4v) is 6.99. The van der Waals surface area contributed by atoms with Gasteiger partial charge in [-0.25, -0.2) is 24.9 Å². The van der Waals surface area contributed by atoms with Crippen LogP contribution in [0.4, 0.5) is 0 Å². The standard InChI is InChI=1S/C49H31N5O/c1-5-14-32(15-6-1)33-24-26-37(27-25-33)47-52-46(36-20-11-4-12-21-36)53-48(54-47)38-28-29-39-40-22-13-23-41(45(40)55-44(39)30-38)49-50-42(34-16-7-2-8-17-34)31-43(51-49)35-18-9-3-10-19-35/h1-31H. The minimum absolute atomic E-state index is 0.560. The van der Waals surface area contributed by atoms with Crippen molar-refractivity contribution in [2.45, 2.75) is 0 Å². The van der Waals surface area contributed by atoms with Gasteiger partial charge in [0.25, 0.3) is 0 Å². The predicted molar refractivity (Wildman–Crippen MR) is 221 cm³/mol. The molecular weight excluding hydrogens is 675 g/mol. The van der Waals surface area contributed by atoms with Crippen molar-refractivity contribution in [3.05, 3.63) is 188 Å². The van der Waals surface area contributed by atoms with Crippen molar-refractivity contribution in [1.29, 1.82) is 0 Å². The van der Waals surface area contributed by atoms with Gasteiger partial charge in [0.05, 0.1) is 17.0 Å². The van der Waals surface area contributed by atoms with E-state index in [-0.39, 0.29) is 0 Å². The highest BCUT2D eigenvalue weighted by Crippen LogP contribution is 2.38. The van der Waals surface area contributed by atoms with Crippen molar-refractivity contribution in [3.8, 4) is 79.2 Å². The molecule has 0 aliphatic heterocycles. The molecule has 0 fully saturated rings. The van der Waals surface area contributed by atoms with Gasteiger partial charge in [-0.05, 0) is 35.4 Å². The molecule has 0 spiro atoms. The summed E-state index contributed by atoms with van der Waals surface area (Å²) < 4.78 is 6.73. The molecule has 0 aliphatic rings. The van der Waals surface area contributed by atoms with E-state index in [2.05, 4.69) is 78.9 Å². The van der Waals surface area contributed by atoms with Crippen molar-refractivity contribution < 1.29 is 4.42 Å². The highest BCUT2D eigenvalue weighted by Gasteiger charge is 2.19. The lowest BCUT2D eigenvalue weighted by atomic mass is 10.0. The molecule has 6 nitrogen and oxygen atoms in total. The van der Waals surface area contributed by atoms with E-state index in [1.54, 1.807) is 0 Å². The molecule has 10 rings (SSSR count). The Bertz CT molecular complexity index is 2890. The van der Waals surface area contributed by atoms with Crippen LogP contribution in [0.15, 0.2) is 192 Å². The summed E-state index contributed by atoms with van der Waals surface area (Å²) in [4.78, 5) is 25.1. The van der Waals surface area contributed by atoms with Crippen molar-refractivity contribution >= 4 is 21.9 Å². The third-order valence-electron chi connectivity index (χ3n) is 9.78. The number of benzene rings is 7. The molecule has 0 atom stereocenters. The van der Waals surface area contributed by atoms with Gasteiger partial charge >= 0.3 is 0 Å². The quantitative estimate of drug-likeness (QED) is 0.164. The Labute approximate surface area is 317 Å². The van der Waals surface area contributed by atoms with Gasteiger partial charge in [0.1, 0.15) is 11.2 Å². The van der Waals surface area contributed by atoms with Gasteiger partial charge in [0.2, 0.25) is 0 Å². The first-order valence-electron chi connectivity index (χ1n) is 18.2. The molecule has 3 aromatic heterocycles. The fourth-order valence-electron chi connectivity index (χ4n) is 6.99. The van der Waals surface area contributed by atoms with E-state index < -0.39 is 0 Å². The van der Waals surface area contributed by atoms with Gasteiger partial charge in [-0.2, -0.15) is 0 Å². The Morgan fingerprint density at radius 2 is 0.745 bits per heavy atom. The van der Waals surface area contributed by atoms with Gasteiger partial charge in [-0.3, -0.25) is 0 Å². The van der Waals surface area contributed by atoms with Crippen LogP contribution in [-0.4, -0.2) is 24.9 Å². The summed E-state index contributed by atoms with van der Waals surface area (Å²) >= 11 is 0. The summed E-state index contributed by atoms with van der Waals surface area (Å²) in [6, 6.07) is 63.4. The highest BCUT2D eigenvalue weighted by atomic mass is 16.3. The molecule has 0 amide bonds. The lowest BCUT2D eigenvalue weighted by Crippen LogP contribution is -2.00. The third kappa shape index (κ3) is 6.22. The van der Waals surface area contributed by atoms with E-state index in [9.17, 15) is 0 Å². The maximum atomic E-state index is 6.73. The molecule has 55 heavy (non-hydrogen) atoms. The molecule has 0 radical (unpaired) electrons. The van der Waals surface area contributed by atoms with Crippen molar-refractivity contribution in [1.82, 2.24) is 24.9 Å². The van der Waals surface area contributed by atoms with Crippen molar-refractivity contribution in [3.63, 3.8) is 0 Å². The molecular formula is C49H31N5O. The monoisotopic (exact) mass is 705 g/mol. The van der Waals surface area contributed by atoms with Crippen LogP contribution in [0, 0.1) is 0 Å². The van der Waals surface area contributed by atoms with Gasteiger partial charge in [0, 0.05) is 38.6 Å². The van der Waals surface area contributed by atoms with Crippen LogP contribution in [-0.2, 0) is 0 Å². The van der Waals surface area contributed by atoms with E-state index >= 15 is 0 Å². The maximum absolute atomic E-state index is 6.73. The summed E-state index contributed by atoms with van der Waals surface area (Å²) in [5.74, 6) is 2.35. The topological polar surface area (TPSA) is 77.6 Å².